The van der Waals surface area contributed by atoms with Crippen LogP contribution in [-0.4, -0.2) is 6.04 Å². The van der Waals surface area contributed by atoms with E-state index in [-0.39, 0.29) is 12.1 Å². The highest BCUT2D eigenvalue weighted by atomic mass is 79.9. The lowest BCUT2D eigenvalue weighted by atomic mass is 10.1. The molecule has 18 heavy (non-hydrogen) atoms. The average Bonchev–Trinajstić information content (AvgIpc) is 2.74. The molecule has 0 aliphatic carbocycles. The molecule has 1 aromatic heterocycles. The molecule has 1 aromatic carbocycles. The van der Waals surface area contributed by atoms with Crippen LogP contribution in [0.1, 0.15) is 23.5 Å². The van der Waals surface area contributed by atoms with E-state index in [4.69, 9.17) is 10.5 Å². The monoisotopic (exact) mass is 325 g/mol. The summed E-state index contributed by atoms with van der Waals surface area (Å²) in [5.41, 5.74) is 7.29. The SMILES string of the molecule is Cc1ccsc1C(Oc1ccccc1Br)C(C)N. The van der Waals surface area contributed by atoms with Gasteiger partial charge in [-0.3, -0.25) is 0 Å². The molecule has 0 aliphatic rings. The minimum Gasteiger partial charge on any atom is -0.482 e. The number of ether oxygens (including phenoxy) is 1. The molecule has 0 spiro atoms. The quantitative estimate of drug-likeness (QED) is 0.910. The Labute approximate surface area is 120 Å². The first-order valence-electron chi connectivity index (χ1n) is 5.80. The van der Waals surface area contributed by atoms with E-state index in [1.54, 1.807) is 11.3 Å². The number of hydrogen-bond acceptors (Lipinski definition) is 3. The first kappa shape index (κ1) is 13.6. The highest BCUT2D eigenvalue weighted by Crippen LogP contribution is 2.33. The van der Waals surface area contributed by atoms with Crippen LogP contribution >= 0.6 is 27.3 Å². The van der Waals surface area contributed by atoms with Crippen molar-refractivity contribution >= 4 is 27.3 Å². The van der Waals surface area contributed by atoms with Gasteiger partial charge in [0.05, 0.1) is 4.47 Å². The Hall–Kier alpha value is -0.840. The Morgan fingerprint density at radius 3 is 2.56 bits per heavy atom. The van der Waals surface area contributed by atoms with Crippen LogP contribution in [0.5, 0.6) is 5.75 Å². The van der Waals surface area contributed by atoms with Gasteiger partial charge in [0.2, 0.25) is 0 Å². The maximum atomic E-state index is 6.07. The van der Waals surface area contributed by atoms with E-state index in [9.17, 15) is 0 Å². The van der Waals surface area contributed by atoms with E-state index in [1.807, 2.05) is 31.2 Å². The van der Waals surface area contributed by atoms with Crippen molar-refractivity contribution in [2.75, 3.05) is 0 Å². The minimum absolute atomic E-state index is 0.0607. The zero-order chi connectivity index (χ0) is 13.1. The summed E-state index contributed by atoms with van der Waals surface area (Å²) < 4.78 is 7.02. The number of benzene rings is 1. The molecule has 2 unspecified atom stereocenters. The van der Waals surface area contributed by atoms with Gasteiger partial charge in [0.15, 0.2) is 0 Å². The van der Waals surface area contributed by atoms with Crippen molar-refractivity contribution in [1.29, 1.82) is 0 Å². The van der Waals surface area contributed by atoms with Gasteiger partial charge in [-0.1, -0.05) is 12.1 Å². The highest BCUT2D eigenvalue weighted by Gasteiger charge is 2.22. The Balaban J connectivity index is 2.28. The summed E-state index contributed by atoms with van der Waals surface area (Å²) in [7, 11) is 0. The van der Waals surface area contributed by atoms with Gasteiger partial charge in [-0.2, -0.15) is 0 Å². The van der Waals surface area contributed by atoms with Crippen LogP contribution in [0.3, 0.4) is 0 Å². The van der Waals surface area contributed by atoms with Gasteiger partial charge in [0.25, 0.3) is 0 Å². The van der Waals surface area contributed by atoms with E-state index < -0.39 is 0 Å². The van der Waals surface area contributed by atoms with Crippen LogP contribution in [0, 0.1) is 6.92 Å². The molecule has 2 aromatic rings. The second-order valence-corrected chi connectivity index (χ2v) is 6.10. The molecule has 2 atom stereocenters. The lowest BCUT2D eigenvalue weighted by Gasteiger charge is -2.23. The van der Waals surface area contributed by atoms with Gasteiger partial charge < -0.3 is 10.5 Å². The fourth-order valence-electron chi connectivity index (χ4n) is 1.75. The highest BCUT2D eigenvalue weighted by molar-refractivity contribution is 9.10. The second kappa shape index (κ2) is 5.87. The fraction of sp³-hybridized carbons (Fsp3) is 0.286. The van der Waals surface area contributed by atoms with Crippen LogP contribution in [0.15, 0.2) is 40.2 Å². The number of hydrogen-bond donors (Lipinski definition) is 1. The topological polar surface area (TPSA) is 35.2 Å². The molecule has 0 radical (unpaired) electrons. The number of nitrogens with two attached hydrogens (primary N) is 1. The van der Waals surface area contributed by atoms with Crippen LogP contribution in [0.4, 0.5) is 0 Å². The molecule has 96 valence electrons. The smallest absolute Gasteiger partial charge is 0.148 e. The van der Waals surface area contributed by atoms with E-state index in [1.165, 1.54) is 10.4 Å². The van der Waals surface area contributed by atoms with Crippen molar-refractivity contribution in [3.8, 4) is 5.75 Å². The average molecular weight is 326 g/mol. The minimum atomic E-state index is -0.108. The first-order valence-corrected chi connectivity index (χ1v) is 7.47. The summed E-state index contributed by atoms with van der Waals surface area (Å²) >= 11 is 5.18. The van der Waals surface area contributed by atoms with E-state index in [0.717, 1.165) is 10.2 Å². The summed E-state index contributed by atoms with van der Waals surface area (Å²) in [6.07, 6.45) is -0.108. The lowest BCUT2D eigenvalue weighted by molar-refractivity contribution is 0.182. The second-order valence-electron chi connectivity index (χ2n) is 4.30. The Kier molecular flexibility index (Phi) is 4.43. The summed E-state index contributed by atoms with van der Waals surface area (Å²) in [5.74, 6) is 0.826. The van der Waals surface area contributed by atoms with Crippen LogP contribution < -0.4 is 10.5 Å². The number of halogens is 1. The maximum absolute atomic E-state index is 6.07. The molecule has 0 fully saturated rings. The van der Waals surface area contributed by atoms with Crippen LogP contribution in [-0.2, 0) is 0 Å². The third kappa shape index (κ3) is 2.94. The van der Waals surface area contributed by atoms with Gasteiger partial charge >= 0.3 is 0 Å². The number of thiophene rings is 1. The molecule has 1 heterocycles. The third-order valence-electron chi connectivity index (χ3n) is 2.73. The van der Waals surface area contributed by atoms with Crippen molar-refractivity contribution in [2.24, 2.45) is 5.73 Å². The van der Waals surface area contributed by atoms with Crippen molar-refractivity contribution in [3.05, 3.63) is 50.6 Å². The van der Waals surface area contributed by atoms with Gasteiger partial charge in [-0.25, -0.2) is 0 Å². The number of rotatable bonds is 4. The largest absolute Gasteiger partial charge is 0.482 e. The van der Waals surface area contributed by atoms with E-state index in [0.29, 0.717) is 0 Å². The zero-order valence-corrected chi connectivity index (χ0v) is 12.8. The summed E-state index contributed by atoms with van der Waals surface area (Å²) in [6.45, 7) is 4.06. The summed E-state index contributed by atoms with van der Waals surface area (Å²) in [6, 6.07) is 9.87. The van der Waals surface area contributed by atoms with Crippen molar-refractivity contribution in [1.82, 2.24) is 0 Å². The van der Waals surface area contributed by atoms with Gasteiger partial charge in [-0.05, 0) is 58.9 Å². The molecule has 2 nitrogen and oxygen atoms in total. The number of para-hydroxylation sites is 1. The van der Waals surface area contributed by atoms with Crippen molar-refractivity contribution in [3.63, 3.8) is 0 Å². The number of aryl methyl sites for hydroxylation is 1. The fourth-order valence-corrected chi connectivity index (χ4v) is 3.20. The van der Waals surface area contributed by atoms with Gasteiger partial charge in [0.1, 0.15) is 11.9 Å². The Morgan fingerprint density at radius 1 is 1.28 bits per heavy atom. The molecule has 2 rings (SSSR count). The summed E-state index contributed by atoms with van der Waals surface area (Å²) in [5, 5.41) is 2.07. The normalized spacial score (nSPS) is 14.2. The molecule has 0 amide bonds. The van der Waals surface area contributed by atoms with E-state index >= 15 is 0 Å². The molecule has 0 saturated heterocycles. The van der Waals surface area contributed by atoms with Crippen LogP contribution in [0.25, 0.3) is 0 Å². The Morgan fingerprint density at radius 2 is 2.00 bits per heavy atom. The van der Waals surface area contributed by atoms with Gasteiger partial charge in [-0.15, -0.1) is 11.3 Å². The molecular weight excluding hydrogens is 310 g/mol. The molecule has 2 N–H and O–H groups in total. The molecular formula is C14H16BrNOS. The third-order valence-corrected chi connectivity index (χ3v) is 4.46. The lowest BCUT2D eigenvalue weighted by Crippen LogP contribution is -2.28. The van der Waals surface area contributed by atoms with E-state index in [2.05, 4.69) is 34.3 Å². The van der Waals surface area contributed by atoms with Crippen LogP contribution in [0.2, 0.25) is 0 Å². The first-order chi connectivity index (χ1) is 8.59. The zero-order valence-electron chi connectivity index (χ0n) is 10.4. The molecule has 0 bridgehead atoms. The standard InChI is InChI=1S/C14H16BrNOS/c1-9-7-8-18-14(9)13(10(2)16)17-12-6-4-3-5-11(12)15/h3-8,10,13H,16H2,1-2H3. The molecule has 4 heteroatoms. The van der Waals surface area contributed by atoms with Crippen molar-refractivity contribution < 1.29 is 4.74 Å². The molecule has 0 aliphatic heterocycles. The van der Waals surface area contributed by atoms with Crippen molar-refractivity contribution in [2.45, 2.75) is 26.0 Å². The maximum Gasteiger partial charge on any atom is 0.148 e. The van der Waals surface area contributed by atoms with Gasteiger partial charge in [0, 0.05) is 10.9 Å². The summed E-state index contributed by atoms with van der Waals surface area (Å²) in [4.78, 5) is 1.20. The molecule has 0 saturated carbocycles. The predicted molar refractivity (Wildman–Crippen MR) is 80.2 cm³/mol. The Bertz CT molecular complexity index is 524. The predicted octanol–water partition coefficient (Wildman–Crippen LogP) is 4.29.